The van der Waals surface area contributed by atoms with Crippen LogP contribution in [0.15, 0.2) is 24.3 Å². The van der Waals surface area contributed by atoms with Crippen LogP contribution >= 0.6 is 0 Å². The third-order valence-electron chi connectivity index (χ3n) is 5.29. The number of allylic oxidation sites excluding steroid dienone is 3. The zero-order chi connectivity index (χ0) is 13.1. The van der Waals surface area contributed by atoms with E-state index in [-0.39, 0.29) is 0 Å². The van der Waals surface area contributed by atoms with E-state index in [1.807, 2.05) is 0 Å². The van der Waals surface area contributed by atoms with Gasteiger partial charge >= 0.3 is 0 Å². The van der Waals surface area contributed by atoms with Gasteiger partial charge in [-0.1, -0.05) is 63.3 Å². The fourth-order valence-corrected chi connectivity index (χ4v) is 4.27. The zero-order valence-electron chi connectivity index (χ0n) is 12.3. The smallest absolute Gasteiger partial charge is 0.0795 e. The number of unbranched alkanes of at least 4 members (excludes halogenated alkanes) is 5. The van der Waals surface area contributed by atoms with Gasteiger partial charge in [-0.3, -0.25) is 0 Å². The molecule has 0 aromatic heterocycles. The minimum absolute atomic E-state index is 0.417. The van der Waals surface area contributed by atoms with Crippen molar-refractivity contribution >= 4 is 0 Å². The maximum Gasteiger partial charge on any atom is 0.0795 e. The molecule has 5 atom stereocenters. The molecule has 0 aliphatic heterocycles. The van der Waals surface area contributed by atoms with E-state index in [2.05, 4.69) is 31.2 Å². The van der Waals surface area contributed by atoms with E-state index >= 15 is 0 Å². The highest BCUT2D eigenvalue weighted by atomic mass is 16.5. The fourth-order valence-electron chi connectivity index (χ4n) is 4.27. The van der Waals surface area contributed by atoms with Gasteiger partial charge in [-0.15, -0.1) is 0 Å². The summed E-state index contributed by atoms with van der Waals surface area (Å²) >= 11 is 0. The van der Waals surface area contributed by atoms with Crippen molar-refractivity contribution in [3.8, 4) is 0 Å². The van der Waals surface area contributed by atoms with E-state index in [1.54, 1.807) is 0 Å². The van der Waals surface area contributed by atoms with Gasteiger partial charge in [0.2, 0.25) is 0 Å². The third-order valence-corrected chi connectivity index (χ3v) is 5.29. The Kier molecular flexibility index (Phi) is 4.42. The highest BCUT2D eigenvalue weighted by molar-refractivity contribution is 5.24. The van der Waals surface area contributed by atoms with Crippen LogP contribution in [0.25, 0.3) is 0 Å². The Morgan fingerprint density at radius 2 is 1.68 bits per heavy atom. The average Bonchev–Trinajstić information content (AvgIpc) is 3.11. The summed E-state index contributed by atoms with van der Waals surface area (Å²) in [4.78, 5) is 0. The van der Waals surface area contributed by atoms with E-state index in [9.17, 15) is 0 Å². The van der Waals surface area contributed by atoms with Crippen LogP contribution in [0.2, 0.25) is 0 Å². The molecule has 0 radical (unpaired) electrons. The first-order valence-corrected chi connectivity index (χ1v) is 8.38. The molecule has 2 bridgehead atoms. The predicted molar refractivity (Wildman–Crippen MR) is 80.0 cm³/mol. The molecule has 0 amide bonds. The van der Waals surface area contributed by atoms with Crippen molar-refractivity contribution in [1.29, 1.82) is 0 Å². The van der Waals surface area contributed by atoms with Gasteiger partial charge in [-0.2, -0.15) is 0 Å². The van der Waals surface area contributed by atoms with Crippen LogP contribution < -0.4 is 0 Å². The second-order valence-corrected chi connectivity index (χ2v) is 6.59. The molecule has 0 saturated heterocycles. The lowest BCUT2D eigenvalue weighted by Gasteiger charge is -2.26. The number of hydrogen-bond donors (Lipinski definition) is 0. The third kappa shape index (κ3) is 2.81. The lowest BCUT2D eigenvalue weighted by Crippen LogP contribution is -2.27. The molecule has 0 aromatic rings. The van der Waals surface area contributed by atoms with E-state index in [0.717, 1.165) is 30.3 Å². The largest absolute Gasteiger partial charge is 0.374 e. The first kappa shape index (κ1) is 13.4. The highest BCUT2D eigenvalue weighted by Gasteiger charge is 2.49. The molecule has 106 valence electrons. The molecule has 1 saturated carbocycles. The number of fused-ring (bicyclic) bond motifs is 5. The van der Waals surface area contributed by atoms with Gasteiger partial charge in [-0.05, 0) is 30.6 Å². The minimum Gasteiger partial charge on any atom is -0.374 e. The van der Waals surface area contributed by atoms with Gasteiger partial charge in [0.15, 0.2) is 0 Å². The van der Waals surface area contributed by atoms with Crippen molar-refractivity contribution in [1.82, 2.24) is 0 Å². The predicted octanol–water partition coefficient (Wildman–Crippen LogP) is 4.74. The lowest BCUT2D eigenvalue weighted by atomic mass is 9.84. The first-order chi connectivity index (χ1) is 9.40. The van der Waals surface area contributed by atoms with Crippen LogP contribution in [-0.2, 0) is 4.74 Å². The molecule has 1 fully saturated rings. The lowest BCUT2D eigenvalue weighted by molar-refractivity contribution is 0.0331. The monoisotopic (exact) mass is 260 g/mol. The van der Waals surface area contributed by atoms with Crippen molar-refractivity contribution in [3.05, 3.63) is 24.3 Å². The van der Waals surface area contributed by atoms with Crippen LogP contribution in [0.4, 0.5) is 0 Å². The second-order valence-electron chi connectivity index (χ2n) is 6.59. The summed E-state index contributed by atoms with van der Waals surface area (Å²) in [6.45, 7) is 3.24. The maximum atomic E-state index is 6.16. The van der Waals surface area contributed by atoms with Gasteiger partial charge in [0, 0.05) is 12.5 Å². The van der Waals surface area contributed by atoms with Gasteiger partial charge in [0.1, 0.15) is 0 Å². The van der Waals surface area contributed by atoms with Crippen molar-refractivity contribution < 1.29 is 4.74 Å². The SMILES string of the molecule is CCCCCCCCOC1C=CC2C3C=CC(C3)C12. The van der Waals surface area contributed by atoms with Crippen molar-refractivity contribution in [2.45, 2.75) is 58.0 Å². The summed E-state index contributed by atoms with van der Waals surface area (Å²) in [6, 6.07) is 0. The summed E-state index contributed by atoms with van der Waals surface area (Å²) in [5.74, 6) is 3.20. The molecule has 3 rings (SSSR count). The molecule has 3 aliphatic carbocycles. The van der Waals surface area contributed by atoms with E-state index in [0.29, 0.717) is 6.10 Å². The van der Waals surface area contributed by atoms with Crippen molar-refractivity contribution in [2.24, 2.45) is 23.7 Å². The highest BCUT2D eigenvalue weighted by Crippen LogP contribution is 2.53. The molecule has 3 aliphatic rings. The topological polar surface area (TPSA) is 9.23 Å². The Bertz CT molecular complexity index is 344. The number of ether oxygens (including phenoxy) is 1. The van der Waals surface area contributed by atoms with Gasteiger partial charge in [-0.25, -0.2) is 0 Å². The average molecular weight is 260 g/mol. The van der Waals surface area contributed by atoms with Crippen LogP contribution in [0, 0.1) is 23.7 Å². The van der Waals surface area contributed by atoms with Crippen LogP contribution in [0.3, 0.4) is 0 Å². The van der Waals surface area contributed by atoms with E-state index in [1.165, 1.54) is 44.9 Å². The van der Waals surface area contributed by atoms with E-state index in [4.69, 9.17) is 4.74 Å². The van der Waals surface area contributed by atoms with Crippen LogP contribution in [-0.4, -0.2) is 12.7 Å². The summed E-state index contributed by atoms with van der Waals surface area (Å²) in [6.07, 6.45) is 19.6. The molecular formula is C18H28O. The molecule has 19 heavy (non-hydrogen) atoms. The second kappa shape index (κ2) is 6.26. The van der Waals surface area contributed by atoms with Gasteiger partial charge < -0.3 is 4.74 Å². The quantitative estimate of drug-likeness (QED) is 0.452. The minimum atomic E-state index is 0.417. The van der Waals surface area contributed by atoms with Crippen molar-refractivity contribution in [2.75, 3.05) is 6.61 Å². The van der Waals surface area contributed by atoms with Gasteiger partial charge in [0.05, 0.1) is 6.10 Å². The molecule has 0 spiro atoms. The molecule has 5 unspecified atom stereocenters. The molecule has 0 aromatic carbocycles. The summed E-state index contributed by atoms with van der Waals surface area (Å²) in [7, 11) is 0. The van der Waals surface area contributed by atoms with E-state index < -0.39 is 0 Å². The molecule has 0 heterocycles. The Balaban J connectivity index is 1.33. The molecule has 1 nitrogen and oxygen atoms in total. The Labute approximate surface area is 118 Å². The van der Waals surface area contributed by atoms with Crippen LogP contribution in [0.5, 0.6) is 0 Å². The standard InChI is InChI=1S/C18H28O/c1-2-3-4-5-6-7-12-19-17-11-10-16-14-8-9-15(13-14)18(16)17/h8-11,14-18H,2-7,12-13H2,1H3. The molecule has 1 heteroatoms. The van der Waals surface area contributed by atoms with Crippen molar-refractivity contribution in [3.63, 3.8) is 0 Å². The normalized spacial score (nSPS) is 38.3. The summed E-state index contributed by atoms with van der Waals surface area (Å²) < 4.78 is 6.16. The maximum absolute atomic E-state index is 6.16. The number of hydrogen-bond acceptors (Lipinski definition) is 1. The molecular weight excluding hydrogens is 232 g/mol. The molecule has 0 N–H and O–H groups in total. The Morgan fingerprint density at radius 1 is 0.895 bits per heavy atom. The summed E-state index contributed by atoms with van der Waals surface area (Å²) in [5, 5.41) is 0. The van der Waals surface area contributed by atoms with Crippen LogP contribution in [0.1, 0.15) is 51.9 Å². The number of rotatable bonds is 8. The Hall–Kier alpha value is -0.560. The zero-order valence-corrected chi connectivity index (χ0v) is 12.3. The van der Waals surface area contributed by atoms with Gasteiger partial charge in [0.25, 0.3) is 0 Å². The Morgan fingerprint density at radius 3 is 2.58 bits per heavy atom. The summed E-state index contributed by atoms with van der Waals surface area (Å²) in [5.41, 5.74) is 0. The first-order valence-electron chi connectivity index (χ1n) is 8.38. The fraction of sp³-hybridized carbons (Fsp3) is 0.778.